The average Bonchev–Trinajstić information content (AvgIpc) is 2.42. The zero-order chi connectivity index (χ0) is 15.2. The third-order valence-corrected chi connectivity index (χ3v) is 6.24. The van der Waals surface area contributed by atoms with Gasteiger partial charge in [0.25, 0.3) is 0 Å². The molecular formula is C14H19Cl2FO2S. The summed E-state index contributed by atoms with van der Waals surface area (Å²) in [4.78, 5) is 0. The van der Waals surface area contributed by atoms with Crippen LogP contribution < -0.4 is 0 Å². The third-order valence-electron chi connectivity index (χ3n) is 3.36. The van der Waals surface area contributed by atoms with E-state index in [4.69, 9.17) is 23.2 Å². The van der Waals surface area contributed by atoms with Crippen LogP contribution in [0.5, 0.6) is 0 Å². The third kappa shape index (κ3) is 4.34. The van der Waals surface area contributed by atoms with Crippen molar-refractivity contribution < 1.29 is 12.8 Å². The molecule has 0 radical (unpaired) electrons. The second-order valence-corrected chi connectivity index (χ2v) is 7.77. The van der Waals surface area contributed by atoms with Crippen LogP contribution in [-0.4, -0.2) is 31.7 Å². The number of alkyl halides is 2. The van der Waals surface area contributed by atoms with Crippen LogP contribution in [0.25, 0.3) is 0 Å². The lowest BCUT2D eigenvalue weighted by molar-refractivity contribution is 0.476. The highest BCUT2D eigenvalue weighted by Gasteiger charge is 2.34. The summed E-state index contributed by atoms with van der Waals surface area (Å²) >= 11 is 12.0. The van der Waals surface area contributed by atoms with E-state index in [9.17, 15) is 12.8 Å². The molecule has 0 saturated heterocycles. The first-order chi connectivity index (χ1) is 9.40. The fourth-order valence-corrected chi connectivity index (χ4v) is 4.47. The minimum atomic E-state index is -3.15. The van der Waals surface area contributed by atoms with Crippen molar-refractivity contribution in [3.8, 4) is 0 Å². The van der Waals surface area contributed by atoms with Gasteiger partial charge in [-0.05, 0) is 24.5 Å². The first-order valence-corrected chi connectivity index (χ1v) is 9.37. The molecule has 6 heteroatoms. The van der Waals surface area contributed by atoms with Crippen molar-refractivity contribution in [1.82, 2.24) is 0 Å². The molecule has 0 bridgehead atoms. The first-order valence-electron chi connectivity index (χ1n) is 6.48. The number of hydrogen-bond donors (Lipinski definition) is 0. The van der Waals surface area contributed by atoms with Crippen LogP contribution in [0.3, 0.4) is 0 Å². The lowest BCUT2D eigenvalue weighted by atomic mass is 9.81. The molecule has 0 amide bonds. The molecule has 0 fully saturated rings. The van der Waals surface area contributed by atoms with Crippen LogP contribution in [0.15, 0.2) is 24.3 Å². The highest BCUT2D eigenvalue weighted by molar-refractivity contribution is 7.91. The standard InChI is InChI=1S/C14H19Cl2FO2S/c1-2-8-20(18,19)9-7-14(10-15,11-16)12-5-3-4-6-13(12)17/h3-6H,2,7-11H2,1H3. The largest absolute Gasteiger partial charge is 0.229 e. The predicted octanol–water partition coefficient (Wildman–Crippen LogP) is 3.76. The molecule has 2 nitrogen and oxygen atoms in total. The molecule has 0 aromatic heterocycles. The van der Waals surface area contributed by atoms with Crippen LogP contribution in [0.2, 0.25) is 0 Å². The number of sulfone groups is 1. The minimum Gasteiger partial charge on any atom is -0.229 e. The van der Waals surface area contributed by atoms with Gasteiger partial charge < -0.3 is 0 Å². The second-order valence-electron chi connectivity index (χ2n) is 4.93. The normalized spacial score (nSPS) is 12.6. The zero-order valence-electron chi connectivity index (χ0n) is 11.4. The Morgan fingerprint density at radius 2 is 1.75 bits per heavy atom. The van der Waals surface area contributed by atoms with Gasteiger partial charge in [0.1, 0.15) is 15.7 Å². The van der Waals surface area contributed by atoms with E-state index in [0.29, 0.717) is 12.0 Å². The maximum atomic E-state index is 14.0. The SMILES string of the molecule is CCCS(=O)(=O)CCC(CCl)(CCl)c1ccccc1F. The molecule has 0 spiro atoms. The summed E-state index contributed by atoms with van der Waals surface area (Å²) in [5.41, 5.74) is -0.466. The van der Waals surface area contributed by atoms with Crippen molar-refractivity contribution in [2.75, 3.05) is 23.3 Å². The van der Waals surface area contributed by atoms with E-state index < -0.39 is 21.1 Å². The quantitative estimate of drug-likeness (QED) is 0.675. The van der Waals surface area contributed by atoms with Crippen LogP contribution in [0.4, 0.5) is 4.39 Å². The Morgan fingerprint density at radius 3 is 2.25 bits per heavy atom. The van der Waals surface area contributed by atoms with Crippen LogP contribution >= 0.6 is 23.2 Å². The Hall–Kier alpha value is -0.320. The number of halogens is 3. The topological polar surface area (TPSA) is 34.1 Å². The maximum absolute atomic E-state index is 14.0. The minimum absolute atomic E-state index is 0.0331. The molecule has 1 aromatic carbocycles. The van der Waals surface area contributed by atoms with E-state index in [1.165, 1.54) is 6.07 Å². The van der Waals surface area contributed by atoms with Gasteiger partial charge >= 0.3 is 0 Å². The van der Waals surface area contributed by atoms with Crippen molar-refractivity contribution in [3.63, 3.8) is 0 Å². The van der Waals surface area contributed by atoms with E-state index in [1.807, 2.05) is 6.92 Å². The molecular weight excluding hydrogens is 322 g/mol. The average molecular weight is 341 g/mol. The second kappa shape index (κ2) is 7.62. The van der Waals surface area contributed by atoms with E-state index in [2.05, 4.69) is 0 Å². The molecule has 114 valence electrons. The van der Waals surface area contributed by atoms with Crippen molar-refractivity contribution in [3.05, 3.63) is 35.6 Å². The Labute approximate surface area is 130 Å². The molecule has 20 heavy (non-hydrogen) atoms. The van der Waals surface area contributed by atoms with Crippen molar-refractivity contribution >= 4 is 33.0 Å². The molecule has 0 unspecified atom stereocenters. The van der Waals surface area contributed by atoms with Crippen molar-refractivity contribution in [2.24, 2.45) is 0 Å². The lowest BCUT2D eigenvalue weighted by Gasteiger charge is -2.30. The van der Waals surface area contributed by atoms with E-state index in [1.54, 1.807) is 18.2 Å². The zero-order valence-corrected chi connectivity index (χ0v) is 13.7. The molecule has 0 aliphatic rings. The van der Waals surface area contributed by atoms with Gasteiger partial charge in [-0.1, -0.05) is 25.1 Å². The monoisotopic (exact) mass is 340 g/mol. The number of rotatable bonds is 8. The van der Waals surface area contributed by atoms with Gasteiger partial charge in [-0.25, -0.2) is 12.8 Å². The highest BCUT2D eigenvalue weighted by atomic mass is 35.5. The smallest absolute Gasteiger partial charge is 0.150 e. The summed E-state index contributed by atoms with van der Waals surface area (Å²) in [5, 5.41) is 0. The molecule has 1 rings (SSSR count). The fraction of sp³-hybridized carbons (Fsp3) is 0.571. The predicted molar refractivity (Wildman–Crippen MR) is 83.1 cm³/mol. The van der Waals surface area contributed by atoms with Gasteiger partial charge in [0.2, 0.25) is 0 Å². The summed E-state index contributed by atoms with van der Waals surface area (Å²) in [6.45, 7) is 1.81. The van der Waals surface area contributed by atoms with Gasteiger partial charge in [-0.15, -0.1) is 23.2 Å². The fourth-order valence-electron chi connectivity index (χ4n) is 2.10. The van der Waals surface area contributed by atoms with Gasteiger partial charge in [-0.3, -0.25) is 0 Å². The van der Waals surface area contributed by atoms with Gasteiger partial charge in [0.15, 0.2) is 0 Å². The van der Waals surface area contributed by atoms with E-state index in [-0.39, 0.29) is 29.7 Å². The summed E-state index contributed by atoms with van der Waals surface area (Å²) < 4.78 is 37.7. The van der Waals surface area contributed by atoms with Crippen LogP contribution in [0, 0.1) is 5.82 Å². The van der Waals surface area contributed by atoms with E-state index >= 15 is 0 Å². The molecule has 0 atom stereocenters. The van der Waals surface area contributed by atoms with Crippen molar-refractivity contribution in [2.45, 2.75) is 25.2 Å². The van der Waals surface area contributed by atoms with Gasteiger partial charge in [-0.2, -0.15) is 0 Å². The highest BCUT2D eigenvalue weighted by Crippen LogP contribution is 2.33. The summed E-state index contributed by atoms with van der Waals surface area (Å²) in [6, 6.07) is 6.24. The lowest BCUT2D eigenvalue weighted by Crippen LogP contribution is -2.34. The molecule has 0 aliphatic carbocycles. The maximum Gasteiger partial charge on any atom is 0.150 e. The molecule has 0 saturated carbocycles. The van der Waals surface area contributed by atoms with Crippen LogP contribution in [0.1, 0.15) is 25.3 Å². The number of benzene rings is 1. The Morgan fingerprint density at radius 1 is 1.15 bits per heavy atom. The Balaban J connectivity index is 3.02. The number of hydrogen-bond acceptors (Lipinski definition) is 2. The van der Waals surface area contributed by atoms with Crippen LogP contribution in [-0.2, 0) is 15.3 Å². The Kier molecular flexibility index (Phi) is 6.76. The van der Waals surface area contributed by atoms with Gasteiger partial charge in [0.05, 0.1) is 5.75 Å². The summed E-state index contributed by atoms with van der Waals surface area (Å²) in [5.74, 6) is -0.140. The first kappa shape index (κ1) is 17.7. The molecule has 1 aromatic rings. The van der Waals surface area contributed by atoms with Crippen molar-refractivity contribution in [1.29, 1.82) is 0 Å². The molecule has 0 aliphatic heterocycles. The van der Waals surface area contributed by atoms with E-state index in [0.717, 1.165) is 0 Å². The van der Waals surface area contributed by atoms with Gasteiger partial charge in [0, 0.05) is 22.9 Å². The molecule has 0 heterocycles. The molecule has 0 N–H and O–H groups in total. The summed E-state index contributed by atoms with van der Waals surface area (Å²) in [6.07, 6.45) is 0.792. The summed E-state index contributed by atoms with van der Waals surface area (Å²) in [7, 11) is -3.15. The Bertz CT molecular complexity index is 528.